The van der Waals surface area contributed by atoms with E-state index in [9.17, 15) is 0 Å². The zero-order chi connectivity index (χ0) is 16.3. The molecule has 0 aromatic heterocycles. The van der Waals surface area contributed by atoms with Crippen LogP contribution < -0.4 is 0 Å². The van der Waals surface area contributed by atoms with Crippen LogP contribution in [0.25, 0.3) is 0 Å². The standard InChI is InChI=1S/C23H36/c1-4-6-16-23(3,19-12-7-8-13-19)22-17-18(11-5-2)20-14-9-10-15-21(20)22/h5,9-10,14-15,18-22H,2,4,6-8,11-13,16-17H2,1,3H3. The molecule has 3 aliphatic carbocycles. The molecule has 0 N–H and O–H groups in total. The highest BCUT2D eigenvalue weighted by atomic mass is 14.6. The Morgan fingerprint density at radius 1 is 1.13 bits per heavy atom. The fraction of sp³-hybridized carbons (Fsp3) is 0.739. The van der Waals surface area contributed by atoms with Crippen molar-refractivity contribution in [1.29, 1.82) is 0 Å². The molecule has 3 aliphatic rings. The summed E-state index contributed by atoms with van der Waals surface area (Å²) in [7, 11) is 0. The molecule has 0 saturated heterocycles. The molecule has 2 saturated carbocycles. The molecule has 0 nitrogen and oxygen atoms in total. The van der Waals surface area contributed by atoms with Crippen LogP contribution in [-0.4, -0.2) is 0 Å². The highest BCUT2D eigenvalue weighted by Crippen LogP contribution is 2.59. The van der Waals surface area contributed by atoms with Gasteiger partial charge < -0.3 is 0 Å². The van der Waals surface area contributed by atoms with Gasteiger partial charge in [-0.3, -0.25) is 0 Å². The van der Waals surface area contributed by atoms with E-state index in [0.29, 0.717) is 5.41 Å². The largest absolute Gasteiger partial charge is 0.103 e. The molecule has 128 valence electrons. The molecule has 0 aliphatic heterocycles. The molecule has 0 amide bonds. The van der Waals surface area contributed by atoms with E-state index in [1.807, 2.05) is 0 Å². The van der Waals surface area contributed by atoms with E-state index in [2.05, 4.69) is 50.8 Å². The van der Waals surface area contributed by atoms with Crippen molar-refractivity contribution in [3.8, 4) is 0 Å². The number of rotatable bonds is 7. The Kier molecular flexibility index (Phi) is 5.49. The van der Waals surface area contributed by atoms with Gasteiger partial charge in [0.25, 0.3) is 0 Å². The normalized spacial score (nSPS) is 36.1. The molecular formula is C23H36. The first-order valence-corrected chi connectivity index (χ1v) is 10.2. The third kappa shape index (κ3) is 3.24. The Labute approximate surface area is 144 Å². The van der Waals surface area contributed by atoms with Gasteiger partial charge >= 0.3 is 0 Å². The van der Waals surface area contributed by atoms with Gasteiger partial charge in [-0.1, -0.05) is 69.9 Å². The average Bonchev–Trinajstić information content (AvgIpc) is 3.22. The minimum Gasteiger partial charge on any atom is -0.103 e. The number of hydrogen-bond acceptors (Lipinski definition) is 0. The van der Waals surface area contributed by atoms with Gasteiger partial charge in [0.15, 0.2) is 0 Å². The number of hydrogen-bond donors (Lipinski definition) is 0. The van der Waals surface area contributed by atoms with Crippen LogP contribution in [0.15, 0.2) is 37.0 Å². The zero-order valence-corrected chi connectivity index (χ0v) is 15.3. The van der Waals surface area contributed by atoms with Gasteiger partial charge in [0, 0.05) is 0 Å². The molecule has 0 heterocycles. The van der Waals surface area contributed by atoms with E-state index in [1.165, 1.54) is 57.8 Å². The molecule has 23 heavy (non-hydrogen) atoms. The summed E-state index contributed by atoms with van der Waals surface area (Å²) in [6.07, 6.45) is 24.6. The van der Waals surface area contributed by atoms with Gasteiger partial charge in [0.05, 0.1) is 0 Å². The predicted octanol–water partition coefficient (Wildman–Crippen LogP) is 6.94. The van der Waals surface area contributed by atoms with E-state index >= 15 is 0 Å². The summed E-state index contributed by atoms with van der Waals surface area (Å²) in [6, 6.07) is 0. The Morgan fingerprint density at radius 2 is 1.83 bits per heavy atom. The second kappa shape index (κ2) is 7.41. The molecule has 0 aromatic carbocycles. The number of unbranched alkanes of at least 4 members (excludes halogenated alkanes) is 1. The molecule has 0 radical (unpaired) electrons. The Hall–Kier alpha value is -0.780. The summed E-state index contributed by atoms with van der Waals surface area (Å²) in [5, 5.41) is 0. The summed E-state index contributed by atoms with van der Waals surface area (Å²) >= 11 is 0. The minimum absolute atomic E-state index is 0.556. The van der Waals surface area contributed by atoms with Crippen LogP contribution in [0.4, 0.5) is 0 Å². The molecular weight excluding hydrogens is 276 g/mol. The minimum atomic E-state index is 0.556. The molecule has 0 bridgehead atoms. The molecule has 0 aromatic rings. The lowest BCUT2D eigenvalue weighted by Crippen LogP contribution is -2.37. The van der Waals surface area contributed by atoms with Crippen molar-refractivity contribution in [3.05, 3.63) is 37.0 Å². The third-order valence-electron chi connectivity index (χ3n) is 7.46. The SMILES string of the molecule is C=CCC1CC(C(C)(CCCC)C2CCCC2)C2C=CC=CC12. The Morgan fingerprint density at radius 3 is 2.48 bits per heavy atom. The molecule has 3 rings (SSSR count). The van der Waals surface area contributed by atoms with E-state index in [0.717, 1.165) is 29.6 Å². The van der Waals surface area contributed by atoms with Crippen LogP contribution in [0.5, 0.6) is 0 Å². The summed E-state index contributed by atoms with van der Waals surface area (Å²) < 4.78 is 0. The molecule has 5 unspecified atom stereocenters. The maximum Gasteiger partial charge on any atom is -0.0131 e. The second-order valence-electron chi connectivity index (χ2n) is 8.64. The first-order valence-electron chi connectivity index (χ1n) is 10.2. The molecule has 5 atom stereocenters. The van der Waals surface area contributed by atoms with Gasteiger partial charge in [-0.25, -0.2) is 0 Å². The average molecular weight is 313 g/mol. The fourth-order valence-corrected chi connectivity index (χ4v) is 6.17. The van der Waals surface area contributed by atoms with E-state index < -0.39 is 0 Å². The van der Waals surface area contributed by atoms with Crippen LogP contribution in [0.2, 0.25) is 0 Å². The van der Waals surface area contributed by atoms with Crippen molar-refractivity contribution < 1.29 is 0 Å². The van der Waals surface area contributed by atoms with Crippen LogP contribution >= 0.6 is 0 Å². The van der Waals surface area contributed by atoms with E-state index in [1.54, 1.807) is 0 Å². The third-order valence-corrected chi connectivity index (χ3v) is 7.46. The fourth-order valence-electron chi connectivity index (χ4n) is 6.17. The number of fused-ring (bicyclic) bond motifs is 1. The summed E-state index contributed by atoms with van der Waals surface area (Å²) in [5.41, 5.74) is 0.556. The van der Waals surface area contributed by atoms with Crippen molar-refractivity contribution in [2.75, 3.05) is 0 Å². The highest BCUT2D eigenvalue weighted by Gasteiger charge is 2.51. The highest BCUT2D eigenvalue weighted by molar-refractivity contribution is 5.21. The van der Waals surface area contributed by atoms with Gasteiger partial charge in [-0.15, -0.1) is 6.58 Å². The van der Waals surface area contributed by atoms with Crippen LogP contribution in [-0.2, 0) is 0 Å². The Balaban J connectivity index is 1.86. The van der Waals surface area contributed by atoms with Gasteiger partial charge in [-0.05, 0) is 67.1 Å². The quantitative estimate of drug-likeness (QED) is 0.446. The van der Waals surface area contributed by atoms with Crippen molar-refractivity contribution in [2.24, 2.45) is 35.0 Å². The molecule has 0 spiro atoms. The zero-order valence-electron chi connectivity index (χ0n) is 15.3. The summed E-state index contributed by atoms with van der Waals surface area (Å²) in [5.74, 6) is 4.23. The van der Waals surface area contributed by atoms with Crippen molar-refractivity contribution in [2.45, 2.75) is 71.6 Å². The lowest BCUT2D eigenvalue weighted by atomic mass is 9.60. The van der Waals surface area contributed by atoms with E-state index in [-0.39, 0.29) is 0 Å². The van der Waals surface area contributed by atoms with E-state index in [4.69, 9.17) is 0 Å². The number of allylic oxidation sites excluding steroid dienone is 5. The molecule has 0 heteroatoms. The first-order chi connectivity index (χ1) is 11.2. The van der Waals surface area contributed by atoms with Crippen molar-refractivity contribution >= 4 is 0 Å². The smallest absolute Gasteiger partial charge is 0.0131 e. The summed E-state index contributed by atoms with van der Waals surface area (Å²) in [4.78, 5) is 0. The van der Waals surface area contributed by atoms with Crippen LogP contribution in [0.3, 0.4) is 0 Å². The van der Waals surface area contributed by atoms with Crippen LogP contribution in [0, 0.1) is 35.0 Å². The lowest BCUT2D eigenvalue weighted by Gasteiger charge is -2.44. The maximum atomic E-state index is 4.03. The van der Waals surface area contributed by atoms with Crippen molar-refractivity contribution in [3.63, 3.8) is 0 Å². The van der Waals surface area contributed by atoms with Gasteiger partial charge in [0.2, 0.25) is 0 Å². The Bertz CT molecular complexity index is 451. The van der Waals surface area contributed by atoms with Crippen LogP contribution in [0.1, 0.15) is 71.6 Å². The van der Waals surface area contributed by atoms with Gasteiger partial charge in [0.1, 0.15) is 0 Å². The monoisotopic (exact) mass is 312 g/mol. The summed E-state index contributed by atoms with van der Waals surface area (Å²) in [6.45, 7) is 9.06. The van der Waals surface area contributed by atoms with Gasteiger partial charge in [-0.2, -0.15) is 0 Å². The first kappa shape index (κ1) is 17.1. The van der Waals surface area contributed by atoms with Crippen molar-refractivity contribution in [1.82, 2.24) is 0 Å². The second-order valence-corrected chi connectivity index (χ2v) is 8.64. The predicted molar refractivity (Wildman–Crippen MR) is 101 cm³/mol. The molecule has 2 fully saturated rings. The maximum absolute atomic E-state index is 4.03. The lowest BCUT2D eigenvalue weighted by molar-refractivity contribution is 0.0599. The topological polar surface area (TPSA) is 0 Å².